The predicted molar refractivity (Wildman–Crippen MR) is 110 cm³/mol. The van der Waals surface area contributed by atoms with Gasteiger partial charge in [-0.1, -0.05) is 60.1 Å². The molecule has 3 aromatic rings. The maximum absolute atomic E-state index is 6.59. The Morgan fingerprint density at radius 2 is 1.68 bits per heavy atom. The van der Waals surface area contributed by atoms with Crippen molar-refractivity contribution in [3.63, 3.8) is 0 Å². The van der Waals surface area contributed by atoms with E-state index in [4.69, 9.17) is 11.6 Å². The Kier molecular flexibility index (Phi) is 6.00. The summed E-state index contributed by atoms with van der Waals surface area (Å²) in [5.74, 6) is 0.855. The quantitative estimate of drug-likeness (QED) is 0.641. The number of rotatable bonds is 6. The summed E-state index contributed by atoms with van der Waals surface area (Å²) >= 11 is 6.59. The summed E-state index contributed by atoms with van der Waals surface area (Å²) in [7, 11) is 2.16. The lowest BCUT2D eigenvalue weighted by Gasteiger charge is -2.37. The maximum Gasteiger partial charge on any atom is 0.173 e. The van der Waals surface area contributed by atoms with Crippen LogP contribution in [0.25, 0.3) is 0 Å². The molecular weight excluding hydrogens is 372 g/mol. The zero-order valence-corrected chi connectivity index (χ0v) is 16.8. The molecule has 0 radical (unpaired) electrons. The number of likely N-dealkylation sites (N-methyl/N-ethyl adjacent to an activating group) is 1. The molecule has 28 heavy (non-hydrogen) atoms. The fraction of sp³-hybridized carbons (Fsp3) is 0.381. The molecule has 4 rings (SSSR count). The van der Waals surface area contributed by atoms with Crippen molar-refractivity contribution in [3.05, 3.63) is 76.6 Å². The van der Waals surface area contributed by atoms with Crippen LogP contribution in [0.3, 0.4) is 0 Å². The molecule has 1 aliphatic heterocycles. The topological polar surface area (TPSA) is 50.1 Å². The molecule has 1 aliphatic rings. The van der Waals surface area contributed by atoms with E-state index in [1.807, 2.05) is 28.9 Å². The van der Waals surface area contributed by atoms with Crippen LogP contribution in [0.5, 0.6) is 0 Å². The number of piperazine rings is 1. The second kappa shape index (κ2) is 8.82. The van der Waals surface area contributed by atoms with E-state index in [1.54, 1.807) is 0 Å². The Labute approximate surface area is 170 Å². The number of benzene rings is 2. The fourth-order valence-corrected chi connectivity index (χ4v) is 3.96. The van der Waals surface area contributed by atoms with E-state index in [0.29, 0.717) is 0 Å². The standard InChI is InChI=1S/C21H25ClN6/c1-26-13-15-27(16-14-26)20(18-9-5-6-10-19(18)22)21-23-24-25-28(21)12-11-17-7-3-2-4-8-17/h2-10,20H,11-16H2,1H3. The molecule has 146 valence electrons. The minimum absolute atomic E-state index is 0.0480. The highest BCUT2D eigenvalue weighted by molar-refractivity contribution is 6.31. The van der Waals surface area contributed by atoms with Crippen LogP contribution >= 0.6 is 11.6 Å². The average Bonchev–Trinajstić information content (AvgIpc) is 3.18. The van der Waals surface area contributed by atoms with E-state index in [1.165, 1.54) is 5.56 Å². The third-order valence-corrected chi connectivity index (χ3v) is 5.71. The van der Waals surface area contributed by atoms with Gasteiger partial charge >= 0.3 is 0 Å². The van der Waals surface area contributed by atoms with Crippen LogP contribution in [0, 0.1) is 0 Å². The van der Waals surface area contributed by atoms with Gasteiger partial charge in [0.05, 0.1) is 6.04 Å². The number of hydrogen-bond acceptors (Lipinski definition) is 5. The monoisotopic (exact) mass is 396 g/mol. The van der Waals surface area contributed by atoms with Gasteiger partial charge < -0.3 is 4.90 Å². The molecule has 2 aromatic carbocycles. The van der Waals surface area contributed by atoms with Crippen molar-refractivity contribution in [2.75, 3.05) is 33.2 Å². The van der Waals surface area contributed by atoms with Crippen LogP contribution in [0.1, 0.15) is 23.0 Å². The first-order valence-electron chi connectivity index (χ1n) is 9.69. The van der Waals surface area contributed by atoms with Gasteiger partial charge in [0, 0.05) is 37.7 Å². The first-order chi connectivity index (χ1) is 13.7. The smallest absolute Gasteiger partial charge is 0.173 e. The molecule has 0 aliphatic carbocycles. The molecule has 1 aromatic heterocycles. The fourth-order valence-electron chi connectivity index (χ4n) is 3.72. The van der Waals surface area contributed by atoms with Gasteiger partial charge in [0.25, 0.3) is 0 Å². The van der Waals surface area contributed by atoms with Crippen molar-refractivity contribution < 1.29 is 0 Å². The van der Waals surface area contributed by atoms with Crippen molar-refractivity contribution in [1.82, 2.24) is 30.0 Å². The molecule has 0 N–H and O–H groups in total. The number of tetrazole rings is 1. The van der Waals surface area contributed by atoms with Crippen LogP contribution in [-0.4, -0.2) is 63.2 Å². The highest BCUT2D eigenvalue weighted by Gasteiger charge is 2.31. The minimum atomic E-state index is -0.0480. The third-order valence-electron chi connectivity index (χ3n) is 5.36. The van der Waals surface area contributed by atoms with E-state index >= 15 is 0 Å². The van der Waals surface area contributed by atoms with Crippen LogP contribution < -0.4 is 0 Å². The molecule has 1 atom stereocenters. The highest BCUT2D eigenvalue weighted by Crippen LogP contribution is 2.32. The Bertz CT molecular complexity index is 889. The van der Waals surface area contributed by atoms with Gasteiger partial charge in [-0.15, -0.1) is 5.10 Å². The molecule has 1 saturated heterocycles. The lowest BCUT2D eigenvalue weighted by Crippen LogP contribution is -2.46. The molecule has 1 fully saturated rings. The lowest BCUT2D eigenvalue weighted by molar-refractivity contribution is 0.121. The Hall–Kier alpha value is -2.28. The Morgan fingerprint density at radius 3 is 2.43 bits per heavy atom. The summed E-state index contributed by atoms with van der Waals surface area (Å²) in [5, 5.41) is 13.5. The van der Waals surface area contributed by atoms with Gasteiger partial charge in [0.15, 0.2) is 5.82 Å². The molecule has 0 bridgehead atoms. The first-order valence-corrected chi connectivity index (χ1v) is 10.1. The van der Waals surface area contributed by atoms with Crippen molar-refractivity contribution in [2.45, 2.75) is 19.0 Å². The van der Waals surface area contributed by atoms with Gasteiger partial charge in [-0.05, 0) is 41.1 Å². The number of halogens is 1. The van der Waals surface area contributed by atoms with Crippen LogP contribution in [0.4, 0.5) is 0 Å². The Balaban J connectivity index is 1.64. The van der Waals surface area contributed by atoms with Crippen molar-refractivity contribution in [2.24, 2.45) is 0 Å². The van der Waals surface area contributed by atoms with Crippen LogP contribution in [0.2, 0.25) is 5.02 Å². The molecule has 0 saturated carbocycles. The average molecular weight is 397 g/mol. The molecular formula is C21H25ClN6. The zero-order chi connectivity index (χ0) is 19.3. The minimum Gasteiger partial charge on any atom is -0.304 e. The van der Waals surface area contributed by atoms with E-state index in [-0.39, 0.29) is 6.04 Å². The normalized spacial score (nSPS) is 16.9. The van der Waals surface area contributed by atoms with Crippen molar-refractivity contribution in [3.8, 4) is 0 Å². The molecule has 0 spiro atoms. The summed E-state index contributed by atoms with van der Waals surface area (Å²) in [4.78, 5) is 4.78. The largest absolute Gasteiger partial charge is 0.304 e. The lowest BCUT2D eigenvalue weighted by atomic mass is 10.0. The third kappa shape index (κ3) is 4.24. The number of aromatic nitrogens is 4. The zero-order valence-electron chi connectivity index (χ0n) is 16.1. The second-order valence-electron chi connectivity index (χ2n) is 7.26. The van der Waals surface area contributed by atoms with Gasteiger partial charge in [-0.3, -0.25) is 4.90 Å². The van der Waals surface area contributed by atoms with Crippen LogP contribution in [0.15, 0.2) is 54.6 Å². The summed E-state index contributed by atoms with van der Waals surface area (Å²) in [5.41, 5.74) is 2.34. The summed E-state index contributed by atoms with van der Waals surface area (Å²) in [6.45, 7) is 4.69. The van der Waals surface area contributed by atoms with E-state index < -0.39 is 0 Å². The molecule has 6 nitrogen and oxygen atoms in total. The number of nitrogens with zero attached hydrogens (tertiary/aromatic N) is 6. The van der Waals surface area contributed by atoms with Gasteiger partial charge in [0.1, 0.15) is 0 Å². The molecule has 2 heterocycles. The maximum atomic E-state index is 6.59. The number of hydrogen-bond donors (Lipinski definition) is 0. The summed E-state index contributed by atoms with van der Waals surface area (Å²) in [6, 6.07) is 18.4. The molecule has 1 unspecified atom stereocenters. The van der Waals surface area contributed by atoms with Gasteiger partial charge in [-0.25, -0.2) is 4.68 Å². The highest BCUT2D eigenvalue weighted by atomic mass is 35.5. The van der Waals surface area contributed by atoms with E-state index in [2.05, 4.69) is 62.7 Å². The van der Waals surface area contributed by atoms with E-state index in [9.17, 15) is 0 Å². The van der Waals surface area contributed by atoms with Gasteiger partial charge in [-0.2, -0.15) is 0 Å². The van der Waals surface area contributed by atoms with Crippen molar-refractivity contribution in [1.29, 1.82) is 0 Å². The SMILES string of the molecule is CN1CCN(C(c2ccccc2Cl)c2nnnn2CCc2ccccc2)CC1. The van der Waals surface area contributed by atoms with E-state index in [0.717, 1.165) is 55.6 Å². The first kappa shape index (κ1) is 19.1. The van der Waals surface area contributed by atoms with Crippen LogP contribution in [-0.2, 0) is 13.0 Å². The van der Waals surface area contributed by atoms with Gasteiger partial charge in [0.2, 0.25) is 0 Å². The summed E-state index contributed by atoms with van der Waals surface area (Å²) in [6.07, 6.45) is 0.886. The summed E-state index contributed by atoms with van der Waals surface area (Å²) < 4.78 is 1.93. The molecule has 7 heteroatoms. The Morgan fingerprint density at radius 1 is 0.964 bits per heavy atom. The predicted octanol–water partition coefficient (Wildman–Crippen LogP) is 2.91. The van der Waals surface area contributed by atoms with Crippen molar-refractivity contribution >= 4 is 11.6 Å². The molecule has 0 amide bonds. The second-order valence-corrected chi connectivity index (χ2v) is 7.67. The number of aryl methyl sites for hydroxylation is 2.